The number of urea groups is 1. The Hall–Kier alpha value is -2.24. The van der Waals surface area contributed by atoms with E-state index in [0.717, 1.165) is 12.2 Å². The van der Waals surface area contributed by atoms with Crippen LogP contribution in [0.3, 0.4) is 0 Å². The molecular formula is C14H21N3O3. The number of hydrogen-bond donors (Lipinski definition) is 2. The predicted octanol–water partition coefficient (Wildman–Crippen LogP) is 0.972. The Labute approximate surface area is 118 Å². The minimum absolute atomic E-state index is 0.150. The van der Waals surface area contributed by atoms with Gasteiger partial charge in [0.1, 0.15) is 5.75 Å². The van der Waals surface area contributed by atoms with Crippen LogP contribution < -0.4 is 15.8 Å². The third kappa shape index (κ3) is 6.63. The van der Waals surface area contributed by atoms with Gasteiger partial charge in [0, 0.05) is 26.6 Å². The number of carbonyl (C=O) groups is 2. The van der Waals surface area contributed by atoms with Gasteiger partial charge in [-0.15, -0.1) is 0 Å². The van der Waals surface area contributed by atoms with Gasteiger partial charge in [0.15, 0.2) is 0 Å². The molecule has 0 fully saturated rings. The van der Waals surface area contributed by atoms with Gasteiger partial charge >= 0.3 is 6.03 Å². The quantitative estimate of drug-likeness (QED) is 0.695. The van der Waals surface area contributed by atoms with E-state index < -0.39 is 5.91 Å². The van der Waals surface area contributed by atoms with Gasteiger partial charge in [0.2, 0.25) is 5.91 Å². The van der Waals surface area contributed by atoms with Gasteiger partial charge < -0.3 is 20.7 Å². The van der Waals surface area contributed by atoms with Crippen LogP contribution in [0.2, 0.25) is 0 Å². The molecule has 1 aromatic rings. The molecule has 3 amide bonds. The molecule has 0 aliphatic heterocycles. The second-order valence-electron chi connectivity index (χ2n) is 4.38. The zero-order valence-corrected chi connectivity index (χ0v) is 11.7. The molecule has 0 bridgehead atoms. The SMILES string of the molecule is CN(CCCOc1ccccc1)C(=O)NCCC(N)=O. The van der Waals surface area contributed by atoms with Crippen molar-refractivity contribution in [3.05, 3.63) is 30.3 Å². The molecule has 0 saturated carbocycles. The standard InChI is InChI=1S/C14H21N3O3/c1-17(14(19)16-9-8-13(15)18)10-5-11-20-12-6-3-2-4-7-12/h2-4,6-7H,5,8-11H2,1H3,(H2,15,18)(H,16,19). The largest absolute Gasteiger partial charge is 0.494 e. The van der Waals surface area contributed by atoms with Crippen molar-refractivity contribution < 1.29 is 14.3 Å². The average molecular weight is 279 g/mol. The highest BCUT2D eigenvalue weighted by Gasteiger charge is 2.07. The van der Waals surface area contributed by atoms with Crippen molar-refractivity contribution in [2.45, 2.75) is 12.8 Å². The van der Waals surface area contributed by atoms with E-state index in [1.165, 1.54) is 0 Å². The fourth-order valence-electron chi connectivity index (χ4n) is 1.54. The van der Waals surface area contributed by atoms with Crippen molar-refractivity contribution in [1.29, 1.82) is 0 Å². The van der Waals surface area contributed by atoms with E-state index in [1.807, 2.05) is 30.3 Å². The van der Waals surface area contributed by atoms with Crippen LogP contribution >= 0.6 is 0 Å². The number of nitrogens with two attached hydrogens (primary N) is 1. The highest BCUT2D eigenvalue weighted by Crippen LogP contribution is 2.08. The average Bonchev–Trinajstić information content (AvgIpc) is 2.44. The second-order valence-corrected chi connectivity index (χ2v) is 4.38. The van der Waals surface area contributed by atoms with Crippen LogP contribution in [0.5, 0.6) is 5.75 Å². The van der Waals surface area contributed by atoms with Crippen LogP contribution in [-0.4, -0.2) is 43.6 Å². The molecule has 6 nitrogen and oxygen atoms in total. The number of para-hydroxylation sites is 1. The van der Waals surface area contributed by atoms with E-state index in [4.69, 9.17) is 10.5 Å². The Morgan fingerprint density at radius 1 is 1.30 bits per heavy atom. The summed E-state index contributed by atoms with van der Waals surface area (Å²) in [6.07, 6.45) is 0.880. The molecule has 3 N–H and O–H groups in total. The number of amides is 3. The first kappa shape index (κ1) is 15.8. The van der Waals surface area contributed by atoms with Crippen LogP contribution in [0.15, 0.2) is 30.3 Å². The fraction of sp³-hybridized carbons (Fsp3) is 0.429. The van der Waals surface area contributed by atoms with Crippen molar-refractivity contribution in [1.82, 2.24) is 10.2 Å². The Morgan fingerprint density at radius 3 is 2.65 bits per heavy atom. The number of primary amides is 1. The summed E-state index contributed by atoms with van der Waals surface area (Å²) in [7, 11) is 1.70. The van der Waals surface area contributed by atoms with Gasteiger partial charge in [-0.1, -0.05) is 18.2 Å². The molecule has 1 rings (SSSR count). The molecule has 0 spiro atoms. The number of rotatable bonds is 8. The van der Waals surface area contributed by atoms with E-state index in [9.17, 15) is 9.59 Å². The third-order valence-corrected chi connectivity index (χ3v) is 2.64. The summed E-state index contributed by atoms with van der Waals surface area (Å²) >= 11 is 0. The van der Waals surface area contributed by atoms with E-state index >= 15 is 0 Å². The molecule has 0 radical (unpaired) electrons. The topological polar surface area (TPSA) is 84.7 Å². The molecule has 6 heteroatoms. The minimum atomic E-state index is -0.427. The maximum Gasteiger partial charge on any atom is 0.317 e. The summed E-state index contributed by atoms with van der Waals surface area (Å²) in [4.78, 5) is 23.7. The van der Waals surface area contributed by atoms with Gasteiger partial charge in [0.05, 0.1) is 6.61 Å². The monoisotopic (exact) mass is 279 g/mol. The summed E-state index contributed by atoms with van der Waals surface area (Å²) < 4.78 is 5.53. The molecule has 0 aliphatic rings. The molecule has 0 atom stereocenters. The third-order valence-electron chi connectivity index (χ3n) is 2.64. The lowest BCUT2D eigenvalue weighted by atomic mass is 10.3. The van der Waals surface area contributed by atoms with Crippen LogP contribution in [0.4, 0.5) is 4.79 Å². The Balaban J connectivity index is 2.11. The first-order chi connectivity index (χ1) is 9.59. The summed E-state index contributed by atoms with van der Waals surface area (Å²) in [5, 5.41) is 2.62. The minimum Gasteiger partial charge on any atom is -0.494 e. The van der Waals surface area contributed by atoms with Crippen LogP contribution in [0, 0.1) is 0 Å². The van der Waals surface area contributed by atoms with Crippen molar-refractivity contribution in [2.24, 2.45) is 5.73 Å². The molecule has 0 aromatic heterocycles. The summed E-state index contributed by atoms with van der Waals surface area (Å²) in [5.74, 6) is 0.394. The summed E-state index contributed by atoms with van der Waals surface area (Å²) in [5.41, 5.74) is 4.99. The molecular weight excluding hydrogens is 258 g/mol. The van der Waals surface area contributed by atoms with Crippen molar-refractivity contribution in [3.8, 4) is 5.75 Å². The maximum atomic E-state index is 11.6. The van der Waals surface area contributed by atoms with Crippen molar-refractivity contribution in [3.63, 3.8) is 0 Å². The lowest BCUT2D eigenvalue weighted by Gasteiger charge is -2.17. The van der Waals surface area contributed by atoms with E-state index in [0.29, 0.717) is 13.2 Å². The van der Waals surface area contributed by atoms with Gasteiger partial charge in [-0.3, -0.25) is 4.79 Å². The number of ether oxygens (including phenoxy) is 1. The lowest BCUT2D eigenvalue weighted by molar-refractivity contribution is -0.117. The Kier molecular flexibility index (Phi) is 6.95. The number of benzene rings is 1. The molecule has 20 heavy (non-hydrogen) atoms. The molecule has 110 valence electrons. The van der Waals surface area contributed by atoms with Gasteiger partial charge in [-0.25, -0.2) is 4.79 Å². The zero-order valence-electron chi connectivity index (χ0n) is 11.7. The van der Waals surface area contributed by atoms with Crippen LogP contribution in [-0.2, 0) is 4.79 Å². The van der Waals surface area contributed by atoms with Crippen LogP contribution in [0.1, 0.15) is 12.8 Å². The maximum absolute atomic E-state index is 11.6. The van der Waals surface area contributed by atoms with Gasteiger partial charge in [0.25, 0.3) is 0 Å². The molecule has 0 unspecified atom stereocenters. The first-order valence-electron chi connectivity index (χ1n) is 6.54. The number of hydrogen-bond acceptors (Lipinski definition) is 3. The summed E-state index contributed by atoms with van der Waals surface area (Å²) in [6, 6.07) is 9.31. The zero-order chi connectivity index (χ0) is 14.8. The normalized spacial score (nSPS) is 9.85. The molecule has 0 saturated heterocycles. The number of nitrogens with one attached hydrogen (secondary N) is 1. The lowest BCUT2D eigenvalue weighted by Crippen LogP contribution is -2.39. The fourth-order valence-corrected chi connectivity index (χ4v) is 1.54. The van der Waals surface area contributed by atoms with E-state index in [-0.39, 0.29) is 19.0 Å². The Morgan fingerprint density at radius 2 is 2.00 bits per heavy atom. The number of carbonyl (C=O) groups excluding carboxylic acids is 2. The van der Waals surface area contributed by atoms with Gasteiger partial charge in [-0.2, -0.15) is 0 Å². The smallest absolute Gasteiger partial charge is 0.317 e. The highest BCUT2D eigenvalue weighted by molar-refractivity contribution is 5.76. The van der Waals surface area contributed by atoms with Gasteiger partial charge in [-0.05, 0) is 18.6 Å². The van der Waals surface area contributed by atoms with E-state index in [1.54, 1.807) is 11.9 Å². The number of nitrogens with zero attached hydrogens (tertiary/aromatic N) is 1. The molecule has 0 heterocycles. The second kappa shape index (κ2) is 8.79. The van der Waals surface area contributed by atoms with Crippen LogP contribution in [0.25, 0.3) is 0 Å². The van der Waals surface area contributed by atoms with E-state index in [2.05, 4.69) is 5.32 Å². The van der Waals surface area contributed by atoms with Crippen molar-refractivity contribution in [2.75, 3.05) is 26.7 Å². The molecule has 0 aliphatic carbocycles. The first-order valence-corrected chi connectivity index (χ1v) is 6.54. The molecule has 1 aromatic carbocycles. The highest BCUT2D eigenvalue weighted by atomic mass is 16.5. The van der Waals surface area contributed by atoms with Crippen molar-refractivity contribution >= 4 is 11.9 Å². The Bertz CT molecular complexity index is 423. The predicted molar refractivity (Wildman–Crippen MR) is 76.4 cm³/mol. The summed E-state index contributed by atoms with van der Waals surface area (Å²) in [6.45, 7) is 1.39.